The summed E-state index contributed by atoms with van der Waals surface area (Å²) in [7, 11) is 0. The molecule has 0 saturated carbocycles. The first-order valence-electron chi connectivity index (χ1n) is 3.47. The first kappa shape index (κ1) is 9.94. The highest BCUT2D eigenvalue weighted by molar-refractivity contribution is 5.68. The molecule has 0 aromatic carbocycles. The van der Waals surface area contributed by atoms with E-state index in [4.69, 9.17) is 5.73 Å². The number of nitrogens with two attached hydrogens (primary N) is 1. The lowest BCUT2D eigenvalue weighted by atomic mass is 10.1. The Kier molecular flexibility index (Phi) is 4.26. The van der Waals surface area contributed by atoms with E-state index >= 15 is 0 Å². The molecule has 0 saturated heterocycles. The quantitative estimate of drug-likeness (QED) is 0.613. The Labute approximate surface area is 65.7 Å². The summed E-state index contributed by atoms with van der Waals surface area (Å²) in [5.41, 5.74) is 4.72. The van der Waals surface area contributed by atoms with Gasteiger partial charge in [-0.3, -0.25) is 4.79 Å². The van der Waals surface area contributed by atoms with Gasteiger partial charge in [0.15, 0.2) is 12.4 Å². The fraction of sp³-hybridized carbons (Fsp3) is 0.714. The van der Waals surface area contributed by atoms with E-state index in [9.17, 15) is 9.59 Å². The number of carbonyl (C=O) groups excluding carboxylic acids is 2. The second kappa shape index (κ2) is 4.71. The molecule has 0 aliphatic rings. The zero-order chi connectivity index (χ0) is 8.85. The van der Waals surface area contributed by atoms with E-state index in [-0.39, 0.29) is 0 Å². The van der Waals surface area contributed by atoms with Crippen LogP contribution in [0.3, 0.4) is 0 Å². The van der Waals surface area contributed by atoms with Gasteiger partial charge in [-0.25, -0.2) is 4.79 Å². The SMILES string of the molecule is CC(C)C[C@H](C=O)OC(N)=O. The lowest BCUT2D eigenvalue weighted by Crippen LogP contribution is -2.25. The van der Waals surface area contributed by atoms with Crippen LogP contribution in [-0.2, 0) is 9.53 Å². The zero-order valence-electron chi connectivity index (χ0n) is 6.74. The monoisotopic (exact) mass is 159 g/mol. The average Bonchev–Trinajstić information content (AvgIpc) is 1.84. The van der Waals surface area contributed by atoms with Gasteiger partial charge in [0.25, 0.3) is 0 Å². The topological polar surface area (TPSA) is 69.4 Å². The molecule has 1 amide bonds. The molecule has 0 bridgehead atoms. The van der Waals surface area contributed by atoms with Gasteiger partial charge in [0.05, 0.1) is 0 Å². The Morgan fingerprint density at radius 2 is 2.18 bits per heavy atom. The molecule has 1 atom stereocenters. The predicted molar refractivity (Wildman–Crippen MR) is 40.0 cm³/mol. The van der Waals surface area contributed by atoms with E-state index in [1.54, 1.807) is 0 Å². The van der Waals surface area contributed by atoms with Crippen LogP contribution >= 0.6 is 0 Å². The minimum Gasteiger partial charge on any atom is -0.439 e. The van der Waals surface area contributed by atoms with Crippen molar-refractivity contribution < 1.29 is 14.3 Å². The third-order valence-electron chi connectivity index (χ3n) is 1.12. The number of ether oxygens (including phenoxy) is 1. The minimum absolute atomic E-state index is 0.310. The third kappa shape index (κ3) is 5.39. The van der Waals surface area contributed by atoms with Crippen molar-refractivity contribution in [3.63, 3.8) is 0 Å². The fourth-order valence-electron chi connectivity index (χ4n) is 0.745. The van der Waals surface area contributed by atoms with Crippen molar-refractivity contribution in [1.82, 2.24) is 0 Å². The molecule has 0 heterocycles. The molecular weight excluding hydrogens is 146 g/mol. The molecule has 4 nitrogen and oxygen atoms in total. The average molecular weight is 159 g/mol. The Morgan fingerprint density at radius 1 is 1.64 bits per heavy atom. The maximum Gasteiger partial charge on any atom is 0.405 e. The van der Waals surface area contributed by atoms with Crippen molar-refractivity contribution in [2.75, 3.05) is 0 Å². The van der Waals surface area contributed by atoms with Gasteiger partial charge in [0.1, 0.15) is 0 Å². The molecule has 0 spiro atoms. The summed E-state index contributed by atoms with van der Waals surface area (Å²) in [5.74, 6) is 0.310. The largest absolute Gasteiger partial charge is 0.439 e. The molecule has 0 aliphatic heterocycles. The van der Waals surface area contributed by atoms with Crippen LogP contribution in [0.2, 0.25) is 0 Å². The second-order valence-electron chi connectivity index (χ2n) is 2.74. The van der Waals surface area contributed by atoms with Crippen molar-refractivity contribution in [2.24, 2.45) is 11.7 Å². The standard InChI is InChI=1S/C7H13NO3/c1-5(2)3-6(4-9)11-7(8)10/h4-6H,3H2,1-2H3,(H2,8,10)/t6-/m1/s1. The van der Waals surface area contributed by atoms with Crippen molar-refractivity contribution in [1.29, 1.82) is 0 Å². The van der Waals surface area contributed by atoms with E-state index in [0.29, 0.717) is 18.6 Å². The van der Waals surface area contributed by atoms with E-state index in [1.165, 1.54) is 0 Å². The summed E-state index contributed by atoms with van der Waals surface area (Å²) in [6.45, 7) is 3.86. The molecule has 0 rings (SSSR count). The molecule has 0 aromatic rings. The van der Waals surface area contributed by atoms with Gasteiger partial charge in [0, 0.05) is 0 Å². The Hall–Kier alpha value is -1.06. The predicted octanol–water partition coefficient (Wildman–Crippen LogP) is 0.695. The van der Waals surface area contributed by atoms with Crippen molar-refractivity contribution >= 4 is 12.4 Å². The fourth-order valence-corrected chi connectivity index (χ4v) is 0.745. The van der Waals surface area contributed by atoms with Crippen LogP contribution < -0.4 is 5.73 Å². The highest BCUT2D eigenvalue weighted by Gasteiger charge is 2.12. The lowest BCUT2D eigenvalue weighted by molar-refractivity contribution is -0.115. The minimum atomic E-state index is -0.900. The normalized spacial score (nSPS) is 12.6. The summed E-state index contributed by atoms with van der Waals surface area (Å²) in [6.07, 6.45) is -0.479. The first-order chi connectivity index (χ1) is 5.06. The van der Waals surface area contributed by atoms with Crippen molar-refractivity contribution in [3.8, 4) is 0 Å². The van der Waals surface area contributed by atoms with Crippen LogP contribution in [0.15, 0.2) is 0 Å². The highest BCUT2D eigenvalue weighted by atomic mass is 16.6. The van der Waals surface area contributed by atoms with Crippen molar-refractivity contribution in [2.45, 2.75) is 26.4 Å². The number of hydrogen-bond donors (Lipinski definition) is 1. The smallest absolute Gasteiger partial charge is 0.405 e. The van der Waals surface area contributed by atoms with E-state index in [2.05, 4.69) is 4.74 Å². The summed E-state index contributed by atoms with van der Waals surface area (Å²) >= 11 is 0. The second-order valence-corrected chi connectivity index (χ2v) is 2.74. The number of carbonyl (C=O) groups is 2. The molecule has 0 fully saturated rings. The van der Waals surface area contributed by atoms with E-state index < -0.39 is 12.2 Å². The molecule has 0 unspecified atom stereocenters. The van der Waals surface area contributed by atoms with Crippen LogP contribution in [0, 0.1) is 5.92 Å². The van der Waals surface area contributed by atoms with E-state index in [1.807, 2.05) is 13.8 Å². The first-order valence-corrected chi connectivity index (χ1v) is 3.47. The molecule has 11 heavy (non-hydrogen) atoms. The maximum atomic E-state index is 10.2. The van der Waals surface area contributed by atoms with Gasteiger partial charge < -0.3 is 10.5 Å². The highest BCUT2D eigenvalue weighted by Crippen LogP contribution is 2.05. The Morgan fingerprint density at radius 3 is 2.45 bits per heavy atom. The van der Waals surface area contributed by atoms with Crippen LogP contribution in [-0.4, -0.2) is 18.5 Å². The number of aldehydes is 1. The number of primary amides is 1. The van der Waals surface area contributed by atoms with Crippen LogP contribution in [0.4, 0.5) is 4.79 Å². The van der Waals surface area contributed by atoms with Gasteiger partial charge in [-0.15, -0.1) is 0 Å². The Balaban J connectivity index is 3.76. The summed E-state index contributed by atoms with van der Waals surface area (Å²) in [4.78, 5) is 20.4. The lowest BCUT2D eigenvalue weighted by Gasteiger charge is -2.11. The van der Waals surface area contributed by atoms with Gasteiger partial charge >= 0.3 is 6.09 Å². The maximum absolute atomic E-state index is 10.2. The molecule has 4 heteroatoms. The molecule has 0 aromatic heterocycles. The van der Waals surface area contributed by atoms with Crippen LogP contribution in [0.1, 0.15) is 20.3 Å². The Bertz CT molecular complexity index is 145. The molecule has 0 radical (unpaired) electrons. The zero-order valence-corrected chi connectivity index (χ0v) is 6.74. The van der Waals surface area contributed by atoms with Gasteiger partial charge in [0.2, 0.25) is 0 Å². The number of amides is 1. The van der Waals surface area contributed by atoms with E-state index in [0.717, 1.165) is 0 Å². The number of rotatable bonds is 4. The summed E-state index contributed by atoms with van der Waals surface area (Å²) < 4.78 is 4.48. The molecule has 2 N–H and O–H groups in total. The third-order valence-corrected chi connectivity index (χ3v) is 1.12. The number of hydrogen-bond acceptors (Lipinski definition) is 3. The van der Waals surface area contributed by atoms with Gasteiger partial charge in [-0.05, 0) is 12.3 Å². The van der Waals surface area contributed by atoms with Crippen LogP contribution in [0.5, 0.6) is 0 Å². The summed E-state index contributed by atoms with van der Waals surface area (Å²) in [5, 5.41) is 0. The molecule has 64 valence electrons. The van der Waals surface area contributed by atoms with Crippen LogP contribution in [0.25, 0.3) is 0 Å². The molecule has 0 aliphatic carbocycles. The summed E-state index contributed by atoms with van der Waals surface area (Å²) in [6, 6.07) is 0. The van der Waals surface area contributed by atoms with Gasteiger partial charge in [-0.2, -0.15) is 0 Å². The van der Waals surface area contributed by atoms with Gasteiger partial charge in [-0.1, -0.05) is 13.8 Å². The molecular formula is C7H13NO3. The van der Waals surface area contributed by atoms with Crippen molar-refractivity contribution in [3.05, 3.63) is 0 Å².